The van der Waals surface area contributed by atoms with Gasteiger partial charge in [-0.1, -0.05) is 15.9 Å². The predicted molar refractivity (Wildman–Crippen MR) is 78.4 cm³/mol. The monoisotopic (exact) mass is 336 g/mol. The third kappa shape index (κ3) is 7.53. The number of hydrogen-bond donors (Lipinski definition) is 1. The summed E-state index contributed by atoms with van der Waals surface area (Å²) in [7, 11) is 3.93. The van der Waals surface area contributed by atoms with E-state index in [1.165, 1.54) is 0 Å². The fourth-order valence-corrected chi connectivity index (χ4v) is 1.41. The lowest BCUT2D eigenvalue weighted by atomic mass is 10.3. The second-order valence-electron chi connectivity index (χ2n) is 3.90. The van der Waals surface area contributed by atoms with Crippen molar-refractivity contribution in [3.63, 3.8) is 0 Å². The predicted octanol–water partition coefficient (Wildman–Crippen LogP) is 1.93. The number of nitrogens with one attached hydrogen (secondary N) is 1. The van der Waals surface area contributed by atoms with Crippen molar-refractivity contribution in [3.05, 3.63) is 28.7 Å². The zero-order valence-electron chi connectivity index (χ0n) is 10.5. The van der Waals surface area contributed by atoms with Gasteiger partial charge in [-0.2, -0.15) is 0 Å². The van der Waals surface area contributed by atoms with Gasteiger partial charge < -0.3 is 15.0 Å². The van der Waals surface area contributed by atoms with Crippen LogP contribution in [0.4, 0.5) is 0 Å². The molecule has 4 nitrogen and oxygen atoms in total. The van der Waals surface area contributed by atoms with E-state index in [1.807, 2.05) is 43.3 Å². The molecule has 102 valence electrons. The summed E-state index contributed by atoms with van der Waals surface area (Å²) in [5.41, 5.74) is 0. The quantitative estimate of drug-likeness (QED) is 0.862. The molecule has 0 aromatic heterocycles. The van der Waals surface area contributed by atoms with E-state index < -0.39 is 0 Å². The number of hydrogen-bond acceptors (Lipinski definition) is 3. The van der Waals surface area contributed by atoms with Gasteiger partial charge in [0.25, 0.3) is 5.91 Å². The first-order chi connectivity index (χ1) is 8.08. The molecule has 0 atom stereocenters. The Hall–Kier alpha value is -0.780. The van der Waals surface area contributed by atoms with Gasteiger partial charge in [-0.25, -0.2) is 0 Å². The maximum atomic E-state index is 11.4. The standard InChI is InChI=1S/C12H17BrN2O2.ClH/c1-15(2)8-7-14-12(16)9-17-11-5-3-10(13)4-6-11;/h3-6H,7-9H2,1-2H3,(H,14,16);1H. The van der Waals surface area contributed by atoms with Crippen molar-refractivity contribution in [3.8, 4) is 5.75 Å². The number of rotatable bonds is 6. The second kappa shape index (κ2) is 9.19. The molecule has 1 rings (SSSR count). The highest BCUT2D eigenvalue weighted by atomic mass is 79.9. The molecule has 0 aliphatic carbocycles. The molecule has 0 aliphatic rings. The Morgan fingerprint density at radius 2 is 1.94 bits per heavy atom. The summed E-state index contributed by atoms with van der Waals surface area (Å²) in [4.78, 5) is 13.4. The van der Waals surface area contributed by atoms with Crippen molar-refractivity contribution >= 4 is 34.2 Å². The van der Waals surface area contributed by atoms with E-state index in [9.17, 15) is 4.79 Å². The summed E-state index contributed by atoms with van der Waals surface area (Å²) in [6, 6.07) is 7.38. The number of carbonyl (C=O) groups is 1. The molecule has 0 aliphatic heterocycles. The van der Waals surface area contributed by atoms with Crippen molar-refractivity contribution in [1.29, 1.82) is 0 Å². The van der Waals surface area contributed by atoms with Crippen LogP contribution in [0.1, 0.15) is 0 Å². The Kier molecular flexibility index (Phi) is 8.79. The summed E-state index contributed by atoms with van der Waals surface area (Å²) in [5, 5.41) is 2.78. The fraction of sp³-hybridized carbons (Fsp3) is 0.417. The molecule has 18 heavy (non-hydrogen) atoms. The molecular weight excluding hydrogens is 320 g/mol. The van der Waals surface area contributed by atoms with Crippen molar-refractivity contribution in [2.24, 2.45) is 0 Å². The van der Waals surface area contributed by atoms with E-state index in [4.69, 9.17) is 4.74 Å². The van der Waals surface area contributed by atoms with Crippen LogP contribution in [0, 0.1) is 0 Å². The highest BCUT2D eigenvalue weighted by molar-refractivity contribution is 9.10. The van der Waals surface area contributed by atoms with Crippen LogP contribution in [-0.4, -0.2) is 44.6 Å². The summed E-state index contributed by atoms with van der Waals surface area (Å²) < 4.78 is 6.32. The Morgan fingerprint density at radius 3 is 2.50 bits per heavy atom. The average molecular weight is 338 g/mol. The average Bonchev–Trinajstić information content (AvgIpc) is 2.28. The Bertz CT molecular complexity index is 358. The third-order valence-corrected chi connectivity index (χ3v) is 2.59. The zero-order chi connectivity index (χ0) is 12.7. The van der Waals surface area contributed by atoms with Gasteiger partial charge in [0, 0.05) is 17.6 Å². The van der Waals surface area contributed by atoms with Gasteiger partial charge in [-0.15, -0.1) is 12.4 Å². The number of amides is 1. The normalized spacial score (nSPS) is 9.78. The Labute approximate surface area is 122 Å². The number of likely N-dealkylation sites (N-methyl/N-ethyl adjacent to an activating group) is 1. The minimum atomic E-state index is -0.102. The summed E-state index contributed by atoms with van der Waals surface area (Å²) in [5.74, 6) is 0.589. The van der Waals surface area contributed by atoms with Gasteiger partial charge in [0.05, 0.1) is 0 Å². The van der Waals surface area contributed by atoms with E-state index in [0.717, 1.165) is 11.0 Å². The van der Waals surface area contributed by atoms with Crippen LogP contribution in [0.25, 0.3) is 0 Å². The number of carbonyl (C=O) groups excluding carboxylic acids is 1. The fourth-order valence-electron chi connectivity index (χ4n) is 1.15. The molecule has 0 bridgehead atoms. The number of nitrogens with zero attached hydrogens (tertiary/aromatic N) is 1. The minimum absolute atomic E-state index is 0. The first-order valence-electron chi connectivity index (χ1n) is 5.38. The molecule has 1 aromatic carbocycles. The first kappa shape index (κ1) is 17.2. The molecule has 1 amide bonds. The smallest absolute Gasteiger partial charge is 0.257 e. The topological polar surface area (TPSA) is 41.6 Å². The van der Waals surface area contributed by atoms with Crippen molar-refractivity contribution in [1.82, 2.24) is 10.2 Å². The van der Waals surface area contributed by atoms with Crippen LogP contribution in [-0.2, 0) is 4.79 Å². The molecule has 0 heterocycles. The van der Waals surface area contributed by atoms with Gasteiger partial charge in [0.2, 0.25) is 0 Å². The van der Waals surface area contributed by atoms with Gasteiger partial charge in [-0.3, -0.25) is 4.79 Å². The van der Waals surface area contributed by atoms with E-state index in [-0.39, 0.29) is 24.9 Å². The van der Waals surface area contributed by atoms with Crippen LogP contribution in [0.3, 0.4) is 0 Å². The molecule has 1 N–H and O–H groups in total. The molecule has 0 saturated carbocycles. The Balaban J connectivity index is 0.00000289. The molecule has 0 unspecified atom stereocenters. The molecule has 0 saturated heterocycles. The van der Waals surface area contributed by atoms with Gasteiger partial charge >= 0.3 is 0 Å². The van der Waals surface area contributed by atoms with E-state index in [2.05, 4.69) is 21.2 Å². The molecule has 1 aromatic rings. The number of benzene rings is 1. The van der Waals surface area contributed by atoms with Gasteiger partial charge in [0.15, 0.2) is 6.61 Å². The van der Waals surface area contributed by atoms with Crippen molar-refractivity contribution in [2.75, 3.05) is 33.8 Å². The van der Waals surface area contributed by atoms with Crippen LogP contribution in [0.2, 0.25) is 0 Å². The molecular formula is C12H18BrClN2O2. The van der Waals surface area contributed by atoms with Gasteiger partial charge in [-0.05, 0) is 38.4 Å². The lowest BCUT2D eigenvalue weighted by Crippen LogP contribution is -2.34. The van der Waals surface area contributed by atoms with Gasteiger partial charge in [0.1, 0.15) is 5.75 Å². The summed E-state index contributed by atoms with van der Waals surface area (Å²) >= 11 is 3.33. The van der Waals surface area contributed by atoms with E-state index >= 15 is 0 Å². The van der Waals surface area contributed by atoms with E-state index in [1.54, 1.807) is 0 Å². The largest absolute Gasteiger partial charge is 0.484 e. The first-order valence-corrected chi connectivity index (χ1v) is 6.17. The van der Waals surface area contributed by atoms with Crippen LogP contribution in [0.5, 0.6) is 5.75 Å². The van der Waals surface area contributed by atoms with E-state index in [0.29, 0.717) is 12.3 Å². The van der Waals surface area contributed by atoms with Crippen molar-refractivity contribution in [2.45, 2.75) is 0 Å². The molecule has 0 spiro atoms. The maximum absolute atomic E-state index is 11.4. The third-order valence-electron chi connectivity index (χ3n) is 2.06. The second-order valence-corrected chi connectivity index (χ2v) is 4.81. The van der Waals surface area contributed by atoms with Crippen LogP contribution in [0.15, 0.2) is 28.7 Å². The molecule has 0 fully saturated rings. The Morgan fingerprint density at radius 1 is 1.33 bits per heavy atom. The summed E-state index contributed by atoms with van der Waals surface area (Å²) in [6.45, 7) is 1.51. The lowest BCUT2D eigenvalue weighted by molar-refractivity contribution is -0.123. The lowest BCUT2D eigenvalue weighted by Gasteiger charge is -2.11. The highest BCUT2D eigenvalue weighted by Gasteiger charge is 2.02. The maximum Gasteiger partial charge on any atom is 0.257 e. The van der Waals surface area contributed by atoms with Crippen LogP contribution < -0.4 is 10.1 Å². The molecule has 0 radical (unpaired) electrons. The summed E-state index contributed by atoms with van der Waals surface area (Å²) in [6.07, 6.45) is 0. The van der Waals surface area contributed by atoms with Crippen molar-refractivity contribution < 1.29 is 9.53 Å². The zero-order valence-corrected chi connectivity index (χ0v) is 12.9. The SMILES string of the molecule is CN(C)CCNC(=O)COc1ccc(Br)cc1.Cl. The number of halogens is 2. The minimum Gasteiger partial charge on any atom is -0.484 e. The highest BCUT2D eigenvalue weighted by Crippen LogP contribution is 2.15. The molecule has 6 heteroatoms. The number of ether oxygens (including phenoxy) is 1. The van der Waals surface area contributed by atoms with Crippen LogP contribution >= 0.6 is 28.3 Å².